The van der Waals surface area contributed by atoms with Gasteiger partial charge in [-0.25, -0.2) is 4.79 Å². The molecule has 0 aliphatic rings. The van der Waals surface area contributed by atoms with Gasteiger partial charge in [-0.1, -0.05) is 6.07 Å². The highest BCUT2D eigenvalue weighted by Crippen LogP contribution is 2.17. The SMILES string of the molecule is CC(C)(C)OCCOC(=O)C(N)c1cccs1. The van der Waals surface area contributed by atoms with Crippen LogP contribution in [0.2, 0.25) is 0 Å². The molecule has 0 saturated heterocycles. The Balaban J connectivity index is 2.26. The lowest BCUT2D eigenvalue weighted by atomic mass is 10.2. The van der Waals surface area contributed by atoms with Crippen LogP contribution in [0.1, 0.15) is 31.7 Å². The Hall–Kier alpha value is -0.910. The van der Waals surface area contributed by atoms with E-state index in [1.807, 2.05) is 38.3 Å². The molecule has 1 aromatic heterocycles. The molecule has 4 nitrogen and oxygen atoms in total. The first-order valence-electron chi connectivity index (χ1n) is 5.50. The van der Waals surface area contributed by atoms with Crippen molar-refractivity contribution >= 4 is 17.3 Å². The summed E-state index contributed by atoms with van der Waals surface area (Å²) in [6, 6.07) is 2.99. The molecule has 0 aromatic carbocycles. The van der Waals surface area contributed by atoms with Gasteiger partial charge >= 0.3 is 5.97 Å². The first-order chi connectivity index (χ1) is 7.90. The summed E-state index contributed by atoms with van der Waals surface area (Å²) >= 11 is 1.45. The predicted molar refractivity (Wildman–Crippen MR) is 67.9 cm³/mol. The molecule has 96 valence electrons. The summed E-state index contributed by atoms with van der Waals surface area (Å²) in [4.78, 5) is 12.4. The highest BCUT2D eigenvalue weighted by Gasteiger charge is 2.18. The molecular formula is C12H19NO3S. The standard InChI is InChI=1S/C12H19NO3S/c1-12(2,3)16-7-6-15-11(14)10(13)9-5-4-8-17-9/h4-5,8,10H,6-7,13H2,1-3H3. The zero-order valence-electron chi connectivity index (χ0n) is 10.4. The first kappa shape index (κ1) is 14.2. The average molecular weight is 257 g/mol. The summed E-state index contributed by atoms with van der Waals surface area (Å²) in [5.74, 6) is -0.412. The number of hydrogen-bond donors (Lipinski definition) is 1. The van der Waals surface area contributed by atoms with E-state index in [2.05, 4.69) is 0 Å². The van der Waals surface area contributed by atoms with E-state index >= 15 is 0 Å². The van der Waals surface area contributed by atoms with Crippen LogP contribution in [0.5, 0.6) is 0 Å². The van der Waals surface area contributed by atoms with E-state index in [1.165, 1.54) is 11.3 Å². The lowest BCUT2D eigenvalue weighted by molar-refractivity contribution is -0.148. The van der Waals surface area contributed by atoms with Crippen molar-refractivity contribution in [3.63, 3.8) is 0 Å². The number of hydrogen-bond acceptors (Lipinski definition) is 5. The fourth-order valence-corrected chi connectivity index (χ4v) is 1.88. The Morgan fingerprint density at radius 2 is 2.18 bits per heavy atom. The number of rotatable bonds is 5. The van der Waals surface area contributed by atoms with Gasteiger partial charge < -0.3 is 15.2 Å². The quantitative estimate of drug-likeness (QED) is 0.648. The van der Waals surface area contributed by atoms with Crippen LogP contribution in [0.3, 0.4) is 0 Å². The fourth-order valence-electron chi connectivity index (χ4n) is 1.16. The molecule has 5 heteroatoms. The van der Waals surface area contributed by atoms with Gasteiger partial charge in [-0.2, -0.15) is 0 Å². The van der Waals surface area contributed by atoms with Gasteiger partial charge in [-0.15, -0.1) is 11.3 Å². The summed E-state index contributed by atoms with van der Waals surface area (Å²) in [5, 5.41) is 1.88. The van der Waals surface area contributed by atoms with Crippen LogP contribution >= 0.6 is 11.3 Å². The van der Waals surface area contributed by atoms with Gasteiger partial charge in [0, 0.05) is 4.88 Å². The molecule has 17 heavy (non-hydrogen) atoms. The molecule has 1 aromatic rings. The number of ether oxygens (including phenoxy) is 2. The molecule has 0 aliphatic carbocycles. The lowest BCUT2D eigenvalue weighted by Gasteiger charge is -2.19. The molecule has 1 atom stereocenters. The number of carbonyl (C=O) groups excluding carboxylic acids is 1. The number of esters is 1. The van der Waals surface area contributed by atoms with E-state index in [0.29, 0.717) is 6.61 Å². The van der Waals surface area contributed by atoms with E-state index in [4.69, 9.17) is 15.2 Å². The summed E-state index contributed by atoms with van der Waals surface area (Å²) in [6.07, 6.45) is 0. The summed E-state index contributed by atoms with van der Waals surface area (Å²) in [7, 11) is 0. The first-order valence-corrected chi connectivity index (χ1v) is 6.38. The van der Waals surface area contributed by atoms with Crippen LogP contribution < -0.4 is 5.73 Å². The number of nitrogens with two attached hydrogens (primary N) is 1. The van der Waals surface area contributed by atoms with Crippen LogP contribution in [0, 0.1) is 0 Å². The van der Waals surface area contributed by atoms with Gasteiger partial charge in [-0.3, -0.25) is 0 Å². The van der Waals surface area contributed by atoms with E-state index in [1.54, 1.807) is 0 Å². The lowest BCUT2D eigenvalue weighted by Crippen LogP contribution is -2.26. The molecule has 0 spiro atoms. The molecule has 1 rings (SSSR count). The van der Waals surface area contributed by atoms with Crippen molar-refractivity contribution in [2.24, 2.45) is 5.73 Å². The zero-order chi connectivity index (χ0) is 12.9. The molecule has 0 fully saturated rings. The normalized spacial score (nSPS) is 13.4. The van der Waals surface area contributed by atoms with Gasteiger partial charge in [0.2, 0.25) is 0 Å². The second kappa shape index (κ2) is 6.14. The van der Waals surface area contributed by atoms with Gasteiger partial charge in [0.05, 0.1) is 12.2 Å². The largest absolute Gasteiger partial charge is 0.462 e. The molecule has 0 aliphatic heterocycles. The maximum absolute atomic E-state index is 11.6. The highest BCUT2D eigenvalue weighted by molar-refractivity contribution is 7.10. The van der Waals surface area contributed by atoms with Gasteiger partial charge in [0.15, 0.2) is 0 Å². The molecule has 2 N–H and O–H groups in total. The molecule has 0 amide bonds. The van der Waals surface area contributed by atoms with Crippen LogP contribution in [0.4, 0.5) is 0 Å². The second-order valence-corrected chi connectivity index (χ2v) is 5.60. The molecular weight excluding hydrogens is 238 g/mol. The third-order valence-corrected chi connectivity index (χ3v) is 2.92. The minimum atomic E-state index is -0.690. The van der Waals surface area contributed by atoms with Crippen molar-refractivity contribution in [2.45, 2.75) is 32.4 Å². The van der Waals surface area contributed by atoms with Crippen LogP contribution in [0.25, 0.3) is 0 Å². The highest BCUT2D eigenvalue weighted by atomic mass is 32.1. The Labute approximate surface area is 106 Å². The monoisotopic (exact) mass is 257 g/mol. The Morgan fingerprint density at radius 3 is 2.71 bits per heavy atom. The van der Waals surface area contributed by atoms with E-state index < -0.39 is 12.0 Å². The van der Waals surface area contributed by atoms with Crippen LogP contribution in [0.15, 0.2) is 17.5 Å². The minimum Gasteiger partial charge on any atom is -0.462 e. The third-order valence-electron chi connectivity index (χ3n) is 1.97. The smallest absolute Gasteiger partial charge is 0.328 e. The molecule has 0 saturated carbocycles. The maximum Gasteiger partial charge on any atom is 0.328 e. The Morgan fingerprint density at radius 1 is 1.47 bits per heavy atom. The second-order valence-electron chi connectivity index (χ2n) is 4.62. The number of carbonyl (C=O) groups is 1. The molecule has 1 heterocycles. The summed E-state index contributed by atoms with van der Waals surface area (Å²) in [6.45, 7) is 6.46. The van der Waals surface area contributed by atoms with Crippen molar-refractivity contribution in [1.29, 1.82) is 0 Å². The van der Waals surface area contributed by atoms with Crippen LogP contribution in [-0.2, 0) is 14.3 Å². The number of thiophene rings is 1. The van der Waals surface area contributed by atoms with Crippen molar-refractivity contribution in [3.05, 3.63) is 22.4 Å². The average Bonchev–Trinajstić information content (AvgIpc) is 2.74. The Bertz CT molecular complexity index is 343. The molecule has 0 bridgehead atoms. The molecule has 1 unspecified atom stereocenters. The van der Waals surface area contributed by atoms with E-state index in [0.717, 1.165) is 4.88 Å². The third kappa shape index (κ3) is 5.30. The minimum absolute atomic E-state index is 0.220. The topological polar surface area (TPSA) is 61.5 Å². The maximum atomic E-state index is 11.6. The van der Waals surface area contributed by atoms with Gasteiger partial charge in [0.1, 0.15) is 12.6 Å². The van der Waals surface area contributed by atoms with Crippen molar-refractivity contribution < 1.29 is 14.3 Å². The Kier molecular flexibility index (Phi) is 5.11. The summed E-state index contributed by atoms with van der Waals surface area (Å²) in [5.41, 5.74) is 5.53. The van der Waals surface area contributed by atoms with E-state index in [9.17, 15) is 4.79 Å². The van der Waals surface area contributed by atoms with Crippen molar-refractivity contribution in [1.82, 2.24) is 0 Å². The zero-order valence-corrected chi connectivity index (χ0v) is 11.3. The van der Waals surface area contributed by atoms with Crippen molar-refractivity contribution in [2.75, 3.05) is 13.2 Å². The van der Waals surface area contributed by atoms with Gasteiger partial charge in [0.25, 0.3) is 0 Å². The van der Waals surface area contributed by atoms with Gasteiger partial charge in [-0.05, 0) is 32.2 Å². The summed E-state index contributed by atoms with van der Waals surface area (Å²) < 4.78 is 10.5. The fraction of sp³-hybridized carbons (Fsp3) is 0.583. The van der Waals surface area contributed by atoms with E-state index in [-0.39, 0.29) is 12.2 Å². The van der Waals surface area contributed by atoms with Crippen molar-refractivity contribution in [3.8, 4) is 0 Å². The van der Waals surface area contributed by atoms with Crippen LogP contribution in [-0.4, -0.2) is 24.8 Å². The predicted octanol–water partition coefficient (Wildman–Crippen LogP) is 2.11. The molecule has 0 radical (unpaired) electrons.